The van der Waals surface area contributed by atoms with E-state index in [-0.39, 0.29) is 0 Å². The predicted octanol–water partition coefficient (Wildman–Crippen LogP) is 1.82. The van der Waals surface area contributed by atoms with Crippen LogP contribution in [0.2, 0.25) is 0 Å². The molecule has 1 saturated carbocycles. The van der Waals surface area contributed by atoms with Gasteiger partial charge in [-0.25, -0.2) is 8.78 Å². The Bertz CT molecular complexity index is 169. The Morgan fingerprint density at radius 2 is 2.20 bits per heavy atom. The van der Waals surface area contributed by atoms with Crippen LogP contribution in [-0.2, 0) is 4.74 Å². The number of rotatable bonds is 0. The van der Waals surface area contributed by atoms with Gasteiger partial charge in [0, 0.05) is 6.61 Å². The second-order valence-electron chi connectivity index (χ2n) is 3.27. The van der Waals surface area contributed by atoms with E-state index >= 15 is 0 Å². The number of alkyl halides is 2. The van der Waals surface area contributed by atoms with Crippen LogP contribution in [0.3, 0.4) is 0 Å². The van der Waals surface area contributed by atoms with Gasteiger partial charge in [-0.2, -0.15) is 0 Å². The average Bonchev–Trinajstić information content (AvgIpc) is 2.30. The Morgan fingerprint density at radius 3 is 2.60 bits per heavy atom. The van der Waals surface area contributed by atoms with Gasteiger partial charge in [-0.1, -0.05) is 0 Å². The quantitative estimate of drug-likeness (QED) is 0.509. The molecule has 0 bridgehead atoms. The van der Waals surface area contributed by atoms with Crippen LogP contribution in [-0.4, -0.2) is 18.1 Å². The fraction of sp³-hybridized carbons (Fsp3) is 1.00. The highest BCUT2D eigenvalue weighted by atomic mass is 19.3. The second kappa shape index (κ2) is 1.52. The van der Waals surface area contributed by atoms with E-state index in [1.54, 1.807) is 0 Å². The molecule has 0 amide bonds. The van der Waals surface area contributed by atoms with E-state index < -0.39 is 17.4 Å². The van der Waals surface area contributed by atoms with Gasteiger partial charge in [-0.05, 0) is 19.8 Å². The van der Waals surface area contributed by atoms with Crippen molar-refractivity contribution in [2.45, 2.75) is 31.3 Å². The van der Waals surface area contributed by atoms with E-state index in [9.17, 15) is 8.78 Å². The minimum absolute atomic E-state index is 0.492. The van der Waals surface area contributed by atoms with Gasteiger partial charge in [0.25, 0.3) is 5.92 Å². The molecule has 0 aromatic rings. The number of ether oxygens (including phenoxy) is 1. The molecule has 1 aliphatic heterocycles. The highest BCUT2D eigenvalue weighted by Crippen LogP contribution is 2.64. The fourth-order valence-electron chi connectivity index (χ4n) is 1.81. The minimum atomic E-state index is -2.54. The molecule has 2 atom stereocenters. The molecular weight excluding hydrogens is 138 g/mol. The van der Waals surface area contributed by atoms with E-state index in [1.807, 2.05) is 0 Å². The zero-order chi connectivity index (χ0) is 7.41. The van der Waals surface area contributed by atoms with Crippen molar-refractivity contribution in [2.24, 2.45) is 5.92 Å². The van der Waals surface area contributed by atoms with E-state index in [4.69, 9.17) is 4.74 Å². The molecule has 2 rings (SSSR count). The molecule has 58 valence electrons. The summed E-state index contributed by atoms with van der Waals surface area (Å²) in [6.07, 6.45) is 1.42. The zero-order valence-corrected chi connectivity index (χ0v) is 5.86. The number of hydrogen-bond acceptors (Lipinski definition) is 1. The van der Waals surface area contributed by atoms with Crippen molar-refractivity contribution in [1.29, 1.82) is 0 Å². The minimum Gasteiger partial charge on any atom is -0.368 e. The first-order valence-corrected chi connectivity index (χ1v) is 3.61. The maximum absolute atomic E-state index is 12.8. The normalized spacial score (nSPS) is 50.1. The van der Waals surface area contributed by atoms with Gasteiger partial charge in [0.1, 0.15) is 5.60 Å². The maximum Gasteiger partial charge on any atom is 0.282 e. The highest BCUT2D eigenvalue weighted by molar-refractivity contribution is 5.19. The van der Waals surface area contributed by atoms with Crippen molar-refractivity contribution in [3.05, 3.63) is 0 Å². The van der Waals surface area contributed by atoms with Gasteiger partial charge >= 0.3 is 0 Å². The predicted molar refractivity (Wildman–Crippen MR) is 32.0 cm³/mol. The van der Waals surface area contributed by atoms with Crippen LogP contribution in [0.5, 0.6) is 0 Å². The summed E-state index contributed by atoms with van der Waals surface area (Å²) in [7, 11) is 0. The van der Waals surface area contributed by atoms with Crippen molar-refractivity contribution in [1.82, 2.24) is 0 Å². The van der Waals surface area contributed by atoms with Crippen LogP contribution in [0.1, 0.15) is 19.8 Å². The molecule has 1 heterocycles. The number of fused-ring (bicyclic) bond motifs is 1. The molecule has 3 heteroatoms. The lowest BCUT2D eigenvalue weighted by Crippen LogP contribution is -2.21. The number of halogens is 2. The Balaban J connectivity index is 2.20. The molecule has 0 aromatic heterocycles. The standard InChI is InChI=1S/C7H10F2O/c1-6-5(7(6,8)9)3-2-4-10-6/h5H,2-4H2,1H3. The summed E-state index contributed by atoms with van der Waals surface area (Å²) in [5.41, 5.74) is -1.09. The third-order valence-corrected chi connectivity index (χ3v) is 2.72. The summed E-state index contributed by atoms with van der Waals surface area (Å²) in [6.45, 7) is 2.01. The number of hydrogen-bond donors (Lipinski definition) is 0. The molecule has 1 nitrogen and oxygen atoms in total. The summed E-state index contributed by atoms with van der Waals surface area (Å²) in [5, 5.41) is 0. The third kappa shape index (κ3) is 0.506. The van der Waals surface area contributed by atoms with Crippen LogP contribution < -0.4 is 0 Å². The zero-order valence-electron chi connectivity index (χ0n) is 5.86. The topological polar surface area (TPSA) is 9.23 Å². The summed E-state index contributed by atoms with van der Waals surface area (Å²) in [6, 6.07) is 0. The Morgan fingerprint density at radius 1 is 1.50 bits per heavy atom. The second-order valence-corrected chi connectivity index (χ2v) is 3.27. The van der Waals surface area contributed by atoms with Crippen LogP contribution >= 0.6 is 0 Å². The molecule has 0 radical (unpaired) electrons. The summed E-state index contributed by atoms with van der Waals surface area (Å²) in [4.78, 5) is 0. The Hall–Kier alpha value is -0.180. The Labute approximate surface area is 58.4 Å². The first-order chi connectivity index (χ1) is 4.59. The van der Waals surface area contributed by atoms with Crippen LogP contribution in [0.25, 0.3) is 0 Å². The van der Waals surface area contributed by atoms with Crippen LogP contribution in [0.15, 0.2) is 0 Å². The van der Waals surface area contributed by atoms with Gasteiger partial charge in [-0.15, -0.1) is 0 Å². The molecule has 2 aliphatic rings. The van der Waals surface area contributed by atoms with Crippen molar-refractivity contribution >= 4 is 0 Å². The first kappa shape index (κ1) is 6.53. The third-order valence-electron chi connectivity index (χ3n) is 2.72. The average molecular weight is 148 g/mol. The molecule has 0 N–H and O–H groups in total. The fourth-order valence-corrected chi connectivity index (χ4v) is 1.81. The molecule has 1 aliphatic carbocycles. The van der Waals surface area contributed by atoms with E-state index in [1.165, 1.54) is 6.92 Å². The summed E-state index contributed by atoms with van der Waals surface area (Å²) in [5.74, 6) is -3.03. The maximum atomic E-state index is 12.8. The van der Waals surface area contributed by atoms with E-state index in [0.717, 1.165) is 6.42 Å². The monoisotopic (exact) mass is 148 g/mol. The van der Waals surface area contributed by atoms with Crippen molar-refractivity contribution < 1.29 is 13.5 Å². The molecule has 10 heavy (non-hydrogen) atoms. The molecule has 0 aromatic carbocycles. The van der Waals surface area contributed by atoms with Crippen molar-refractivity contribution in [2.75, 3.05) is 6.61 Å². The van der Waals surface area contributed by atoms with E-state index in [2.05, 4.69) is 0 Å². The van der Waals surface area contributed by atoms with Crippen molar-refractivity contribution in [3.63, 3.8) is 0 Å². The molecule has 2 unspecified atom stereocenters. The van der Waals surface area contributed by atoms with Gasteiger partial charge in [0.2, 0.25) is 0 Å². The SMILES string of the molecule is CC12OCCCC1C2(F)F. The molecule has 1 saturated heterocycles. The van der Waals surface area contributed by atoms with Gasteiger partial charge < -0.3 is 4.74 Å². The molecule has 0 spiro atoms. The lowest BCUT2D eigenvalue weighted by atomic mass is 10.1. The van der Waals surface area contributed by atoms with E-state index in [0.29, 0.717) is 13.0 Å². The lowest BCUT2D eigenvalue weighted by Gasteiger charge is -2.15. The smallest absolute Gasteiger partial charge is 0.282 e. The Kier molecular flexibility index (Phi) is 0.994. The molecule has 2 fully saturated rings. The van der Waals surface area contributed by atoms with Gasteiger partial charge in [-0.3, -0.25) is 0 Å². The van der Waals surface area contributed by atoms with Gasteiger partial charge in [0.05, 0.1) is 5.92 Å². The van der Waals surface area contributed by atoms with Crippen LogP contribution in [0.4, 0.5) is 8.78 Å². The van der Waals surface area contributed by atoms with Crippen LogP contribution in [0, 0.1) is 5.92 Å². The van der Waals surface area contributed by atoms with Crippen molar-refractivity contribution in [3.8, 4) is 0 Å². The highest BCUT2D eigenvalue weighted by Gasteiger charge is 2.79. The summed E-state index contributed by atoms with van der Waals surface area (Å²) < 4.78 is 30.5. The first-order valence-electron chi connectivity index (χ1n) is 3.61. The lowest BCUT2D eigenvalue weighted by molar-refractivity contribution is -0.0486. The van der Waals surface area contributed by atoms with Gasteiger partial charge in [0.15, 0.2) is 0 Å². The summed E-state index contributed by atoms with van der Waals surface area (Å²) >= 11 is 0. The largest absolute Gasteiger partial charge is 0.368 e. The molecular formula is C7H10F2O.